The molecule has 2 unspecified atom stereocenters. The molecule has 2 N–H and O–H groups in total. The largest absolute Gasteiger partial charge is 0.396 e. The van der Waals surface area contributed by atoms with Crippen molar-refractivity contribution < 1.29 is 10.2 Å². The third-order valence-corrected chi connectivity index (χ3v) is 4.91. The molecule has 2 heteroatoms. The van der Waals surface area contributed by atoms with Gasteiger partial charge in [-0.1, -0.05) is 38.0 Å². The van der Waals surface area contributed by atoms with Gasteiger partial charge < -0.3 is 10.2 Å². The fraction of sp³-hybridized carbons (Fsp3) is 0.750. The molecule has 2 aliphatic rings. The van der Waals surface area contributed by atoms with Crippen molar-refractivity contribution in [3.63, 3.8) is 0 Å². The lowest BCUT2D eigenvalue weighted by Gasteiger charge is -2.41. The molecule has 0 radical (unpaired) electrons. The highest BCUT2D eigenvalue weighted by atomic mass is 16.3. The van der Waals surface area contributed by atoms with Crippen LogP contribution in [0.15, 0.2) is 24.8 Å². The Hall–Kier alpha value is -0.600. The van der Waals surface area contributed by atoms with Crippen molar-refractivity contribution in [3.05, 3.63) is 24.8 Å². The van der Waals surface area contributed by atoms with Crippen LogP contribution in [-0.2, 0) is 0 Å². The van der Waals surface area contributed by atoms with Crippen molar-refractivity contribution in [3.8, 4) is 0 Å². The maximum Gasteiger partial charge on any atom is 0.0719 e. The molecule has 0 aromatic carbocycles. The summed E-state index contributed by atoms with van der Waals surface area (Å²) in [5.74, 6) is 1.38. The van der Waals surface area contributed by atoms with Gasteiger partial charge in [0.25, 0.3) is 0 Å². The van der Waals surface area contributed by atoms with Crippen LogP contribution in [0.2, 0.25) is 0 Å². The van der Waals surface area contributed by atoms with Gasteiger partial charge in [-0.3, -0.25) is 0 Å². The molecule has 0 spiro atoms. The average molecular weight is 250 g/mol. The van der Waals surface area contributed by atoms with Gasteiger partial charge in [-0.15, -0.1) is 6.58 Å². The summed E-state index contributed by atoms with van der Waals surface area (Å²) in [6, 6.07) is 0. The highest BCUT2D eigenvalue weighted by Gasteiger charge is 2.52. The number of rotatable bonds is 7. The van der Waals surface area contributed by atoms with Crippen molar-refractivity contribution in [1.29, 1.82) is 0 Å². The third kappa shape index (κ3) is 2.28. The molecule has 2 rings (SSSR count). The van der Waals surface area contributed by atoms with Crippen molar-refractivity contribution in [2.75, 3.05) is 6.61 Å². The third-order valence-electron chi connectivity index (χ3n) is 4.91. The summed E-state index contributed by atoms with van der Waals surface area (Å²) >= 11 is 0. The minimum absolute atomic E-state index is 0.196. The van der Waals surface area contributed by atoms with Gasteiger partial charge in [-0.25, -0.2) is 0 Å². The van der Waals surface area contributed by atoms with E-state index in [1.165, 1.54) is 0 Å². The summed E-state index contributed by atoms with van der Waals surface area (Å²) < 4.78 is 0. The summed E-state index contributed by atoms with van der Waals surface area (Å²) in [7, 11) is 0. The lowest BCUT2D eigenvalue weighted by molar-refractivity contribution is -0.0633. The molecule has 0 amide bonds. The van der Waals surface area contributed by atoms with Crippen LogP contribution in [0, 0.1) is 23.7 Å². The number of unbranched alkanes of at least 4 members (excludes halogenated alkanes) is 1. The topological polar surface area (TPSA) is 40.5 Å². The van der Waals surface area contributed by atoms with Crippen LogP contribution < -0.4 is 0 Å². The molecule has 0 heterocycles. The first-order chi connectivity index (χ1) is 8.66. The maximum atomic E-state index is 11.0. The van der Waals surface area contributed by atoms with Gasteiger partial charge in [-0.05, 0) is 42.9 Å². The van der Waals surface area contributed by atoms with Gasteiger partial charge in [0, 0.05) is 6.61 Å². The maximum absolute atomic E-state index is 11.0. The van der Waals surface area contributed by atoms with E-state index in [9.17, 15) is 10.2 Å². The zero-order chi connectivity index (χ0) is 13.2. The van der Waals surface area contributed by atoms with Crippen LogP contribution >= 0.6 is 0 Å². The van der Waals surface area contributed by atoms with Crippen molar-refractivity contribution in [1.82, 2.24) is 0 Å². The molecule has 1 fully saturated rings. The van der Waals surface area contributed by atoms with E-state index in [-0.39, 0.29) is 18.4 Å². The Morgan fingerprint density at radius 1 is 1.39 bits per heavy atom. The SMILES string of the molecule is C=CC[C@@](O)(CCCC)[C@@H]1C2C=CC(C2)[C@@H]1CO. The van der Waals surface area contributed by atoms with Crippen LogP contribution in [0.3, 0.4) is 0 Å². The molecule has 2 nitrogen and oxygen atoms in total. The second-order valence-corrected chi connectivity index (χ2v) is 6.02. The van der Waals surface area contributed by atoms with Crippen LogP contribution in [0.5, 0.6) is 0 Å². The number of aliphatic hydroxyl groups is 2. The van der Waals surface area contributed by atoms with E-state index in [0.29, 0.717) is 18.3 Å². The zero-order valence-electron chi connectivity index (χ0n) is 11.4. The smallest absolute Gasteiger partial charge is 0.0719 e. The van der Waals surface area contributed by atoms with Crippen molar-refractivity contribution in [2.45, 2.75) is 44.6 Å². The monoisotopic (exact) mass is 250 g/mol. The molecule has 0 aromatic heterocycles. The summed E-state index contributed by atoms with van der Waals surface area (Å²) in [6.45, 7) is 6.15. The Morgan fingerprint density at radius 3 is 2.72 bits per heavy atom. The molecule has 2 bridgehead atoms. The van der Waals surface area contributed by atoms with Gasteiger partial charge in [-0.2, -0.15) is 0 Å². The van der Waals surface area contributed by atoms with E-state index in [4.69, 9.17) is 0 Å². The Morgan fingerprint density at radius 2 is 2.11 bits per heavy atom. The Balaban J connectivity index is 2.19. The minimum Gasteiger partial charge on any atom is -0.396 e. The summed E-state index contributed by atoms with van der Waals surface area (Å²) in [5, 5.41) is 20.7. The van der Waals surface area contributed by atoms with Crippen LogP contribution in [0.4, 0.5) is 0 Å². The fourth-order valence-electron chi connectivity index (χ4n) is 4.11. The van der Waals surface area contributed by atoms with Gasteiger partial charge in [0.15, 0.2) is 0 Å². The Labute approximate surface area is 110 Å². The van der Waals surface area contributed by atoms with Crippen LogP contribution in [0.25, 0.3) is 0 Å². The Kier molecular flexibility index (Phi) is 4.29. The van der Waals surface area contributed by atoms with Crippen molar-refractivity contribution >= 4 is 0 Å². The fourth-order valence-corrected chi connectivity index (χ4v) is 4.11. The molecule has 5 atom stereocenters. The molecular formula is C16H26O2. The quantitative estimate of drug-likeness (QED) is 0.682. The van der Waals surface area contributed by atoms with E-state index in [1.807, 2.05) is 6.08 Å². The van der Waals surface area contributed by atoms with Crippen LogP contribution in [0.1, 0.15) is 39.0 Å². The second-order valence-electron chi connectivity index (χ2n) is 6.02. The standard InChI is InChI=1S/C16H26O2/c1-3-5-9-16(18,8-4-2)15-13-7-6-12(10-13)14(15)11-17/h4,6-7,12-15,17-18H,2-3,5,8-11H2,1H3/t12?,13?,14-,15+,16+/m0/s1. The van der Waals surface area contributed by atoms with E-state index in [1.54, 1.807) is 0 Å². The predicted octanol–water partition coefficient (Wildman–Crippen LogP) is 2.91. The van der Waals surface area contributed by atoms with Gasteiger partial charge >= 0.3 is 0 Å². The molecule has 1 saturated carbocycles. The van der Waals surface area contributed by atoms with Crippen molar-refractivity contribution in [2.24, 2.45) is 23.7 Å². The average Bonchev–Trinajstić information content (AvgIpc) is 2.96. The van der Waals surface area contributed by atoms with Crippen LogP contribution in [-0.4, -0.2) is 22.4 Å². The lowest BCUT2D eigenvalue weighted by atomic mass is 9.69. The normalized spacial score (nSPS) is 36.8. The summed E-state index contributed by atoms with van der Waals surface area (Å²) in [4.78, 5) is 0. The molecule has 2 aliphatic carbocycles. The molecule has 18 heavy (non-hydrogen) atoms. The highest BCUT2D eigenvalue weighted by Crippen LogP contribution is 2.53. The second kappa shape index (κ2) is 5.58. The molecule has 0 aromatic rings. The summed E-state index contributed by atoms with van der Waals surface area (Å²) in [6.07, 6.45) is 11.0. The zero-order valence-corrected chi connectivity index (χ0v) is 11.4. The molecule has 102 valence electrons. The number of hydrogen-bond donors (Lipinski definition) is 2. The van der Waals surface area contributed by atoms with E-state index >= 15 is 0 Å². The van der Waals surface area contributed by atoms with Gasteiger partial charge in [0.1, 0.15) is 0 Å². The van der Waals surface area contributed by atoms with E-state index < -0.39 is 5.60 Å². The highest BCUT2D eigenvalue weighted by molar-refractivity contribution is 5.17. The minimum atomic E-state index is -0.671. The first-order valence-electron chi connectivity index (χ1n) is 7.28. The predicted molar refractivity (Wildman–Crippen MR) is 74.1 cm³/mol. The molecule has 0 saturated heterocycles. The number of hydrogen-bond acceptors (Lipinski definition) is 2. The first-order valence-corrected chi connectivity index (χ1v) is 7.28. The lowest BCUT2D eigenvalue weighted by Crippen LogP contribution is -2.44. The number of aliphatic hydroxyl groups excluding tert-OH is 1. The summed E-state index contributed by atoms with van der Waals surface area (Å²) in [5.41, 5.74) is -0.671. The first kappa shape index (κ1) is 13.8. The molecular weight excluding hydrogens is 224 g/mol. The number of fused-ring (bicyclic) bond motifs is 2. The molecule has 0 aliphatic heterocycles. The number of allylic oxidation sites excluding steroid dienone is 2. The van der Waals surface area contributed by atoms with Gasteiger partial charge in [0.05, 0.1) is 5.60 Å². The van der Waals surface area contributed by atoms with E-state index in [0.717, 1.165) is 25.7 Å². The van der Waals surface area contributed by atoms with Gasteiger partial charge in [0.2, 0.25) is 0 Å². The Bertz CT molecular complexity index is 323. The van der Waals surface area contributed by atoms with E-state index in [2.05, 4.69) is 25.7 Å².